The third kappa shape index (κ3) is 4.13. The number of hydrogen-bond acceptors (Lipinski definition) is 1. The van der Waals surface area contributed by atoms with Crippen LogP contribution in [0.15, 0.2) is 182 Å². The van der Waals surface area contributed by atoms with E-state index in [0.717, 1.165) is 22.7 Å². The molecule has 48 heavy (non-hydrogen) atoms. The van der Waals surface area contributed by atoms with Gasteiger partial charge in [0.15, 0.2) is 0 Å². The maximum Gasteiger partial charge on any atom is 0.0547 e. The molecular formula is C46H30N2. The summed E-state index contributed by atoms with van der Waals surface area (Å²) in [6.07, 6.45) is 0. The van der Waals surface area contributed by atoms with Gasteiger partial charge in [-0.15, -0.1) is 0 Å². The zero-order valence-electron chi connectivity index (χ0n) is 26.2. The molecule has 0 aliphatic heterocycles. The Balaban J connectivity index is 1.19. The summed E-state index contributed by atoms with van der Waals surface area (Å²) in [6, 6.07) is 66.3. The fourth-order valence-corrected chi connectivity index (χ4v) is 7.66. The minimum absolute atomic E-state index is 1.11. The molecule has 0 bridgehead atoms. The van der Waals surface area contributed by atoms with Gasteiger partial charge in [-0.3, -0.25) is 0 Å². The smallest absolute Gasteiger partial charge is 0.0547 e. The van der Waals surface area contributed by atoms with Crippen LogP contribution in [0.5, 0.6) is 0 Å². The van der Waals surface area contributed by atoms with E-state index >= 15 is 0 Å². The first-order valence-corrected chi connectivity index (χ1v) is 16.5. The highest BCUT2D eigenvalue weighted by Gasteiger charge is 2.18. The van der Waals surface area contributed by atoms with Gasteiger partial charge in [0, 0.05) is 33.5 Å². The molecule has 0 aliphatic carbocycles. The lowest BCUT2D eigenvalue weighted by atomic mass is 10.00. The summed E-state index contributed by atoms with van der Waals surface area (Å²) in [7, 11) is 0. The molecule has 0 fully saturated rings. The van der Waals surface area contributed by atoms with Crippen LogP contribution < -0.4 is 4.90 Å². The zero-order valence-corrected chi connectivity index (χ0v) is 26.2. The number of hydrogen-bond donors (Lipinski definition) is 0. The first kappa shape index (κ1) is 26.8. The average molecular weight is 611 g/mol. The highest BCUT2D eigenvalue weighted by Crippen LogP contribution is 2.42. The summed E-state index contributed by atoms with van der Waals surface area (Å²) in [5, 5.41) is 12.6. The molecule has 1 heterocycles. The first-order chi connectivity index (χ1) is 23.8. The van der Waals surface area contributed by atoms with Crippen molar-refractivity contribution >= 4 is 82.0 Å². The summed E-state index contributed by atoms with van der Waals surface area (Å²) < 4.78 is 2.43. The SMILES string of the molecule is c1ccc2cc(N(c3ccc(-n4c5ccc6ccccc6c5c5c6ccccc6ccc54)cc3)c3ccc4ccccc4c3)ccc2c1. The van der Waals surface area contributed by atoms with Gasteiger partial charge in [0.25, 0.3) is 0 Å². The lowest BCUT2D eigenvalue weighted by Gasteiger charge is -2.26. The van der Waals surface area contributed by atoms with Crippen molar-refractivity contribution in [2.24, 2.45) is 0 Å². The van der Waals surface area contributed by atoms with Gasteiger partial charge < -0.3 is 9.47 Å². The van der Waals surface area contributed by atoms with E-state index in [2.05, 4.69) is 191 Å². The molecule has 0 saturated heterocycles. The minimum Gasteiger partial charge on any atom is -0.310 e. The van der Waals surface area contributed by atoms with E-state index < -0.39 is 0 Å². The number of anilines is 3. The van der Waals surface area contributed by atoms with Crippen LogP contribution in [0.3, 0.4) is 0 Å². The minimum atomic E-state index is 1.11. The Morgan fingerprint density at radius 2 is 0.708 bits per heavy atom. The summed E-state index contributed by atoms with van der Waals surface area (Å²) >= 11 is 0. The molecule has 0 N–H and O–H groups in total. The number of nitrogens with zero attached hydrogens (tertiary/aromatic N) is 2. The molecule has 9 aromatic carbocycles. The van der Waals surface area contributed by atoms with Gasteiger partial charge in [0.2, 0.25) is 0 Å². The molecule has 0 unspecified atom stereocenters. The van der Waals surface area contributed by atoms with E-state index in [1.807, 2.05) is 0 Å². The van der Waals surface area contributed by atoms with E-state index in [0.29, 0.717) is 0 Å². The maximum atomic E-state index is 2.43. The molecule has 0 atom stereocenters. The summed E-state index contributed by atoms with van der Waals surface area (Å²) in [4.78, 5) is 2.37. The van der Waals surface area contributed by atoms with Gasteiger partial charge in [0.1, 0.15) is 0 Å². The number of benzene rings is 9. The van der Waals surface area contributed by atoms with Gasteiger partial charge >= 0.3 is 0 Å². The molecule has 2 nitrogen and oxygen atoms in total. The van der Waals surface area contributed by atoms with Crippen LogP contribution in [0, 0.1) is 0 Å². The van der Waals surface area contributed by atoms with Crippen molar-refractivity contribution in [1.29, 1.82) is 0 Å². The highest BCUT2D eigenvalue weighted by atomic mass is 15.1. The second-order valence-corrected chi connectivity index (χ2v) is 12.6. The van der Waals surface area contributed by atoms with Crippen molar-refractivity contribution in [3.8, 4) is 5.69 Å². The zero-order chi connectivity index (χ0) is 31.6. The van der Waals surface area contributed by atoms with Gasteiger partial charge in [-0.2, -0.15) is 0 Å². The molecule has 1 aromatic heterocycles. The Hall–Kier alpha value is -6.38. The van der Waals surface area contributed by atoms with Crippen LogP contribution in [0.4, 0.5) is 17.1 Å². The van der Waals surface area contributed by atoms with Crippen molar-refractivity contribution in [3.63, 3.8) is 0 Å². The predicted octanol–water partition coefficient (Wildman–Crippen LogP) is 12.9. The summed E-state index contributed by atoms with van der Waals surface area (Å²) in [5.41, 5.74) is 6.95. The van der Waals surface area contributed by atoms with Gasteiger partial charge in [-0.1, -0.05) is 121 Å². The van der Waals surface area contributed by atoms with Crippen LogP contribution in [-0.4, -0.2) is 4.57 Å². The van der Waals surface area contributed by atoms with E-state index in [1.165, 1.54) is 64.9 Å². The number of rotatable bonds is 4. The summed E-state index contributed by atoms with van der Waals surface area (Å²) in [5.74, 6) is 0. The quantitative estimate of drug-likeness (QED) is 0.192. The number of fused-ring (bicyclic) bond motifs is 9. The molecular weight excluding hydrogens is 581 g/mol. The third-order valence-corrected chi connectivity index (χ3v) is 9.89. The maximum absolute atomic E-state index is 2.43. The van der Waals surface area contributed by atoms with Gasteiger partial charge in [-0.25, -0.2) is 0 Å². The van der Waals surface area contributed by atoms with Crippen LogP contribution >= 0.6 is 0 Å². The molecule has 0 amide bonds. The van der Waals surface area contributed by atoms with E-state index in [1.54, 1.807) is 0 Å². The Kier molecular flexibility index (Phi) is 5.91. The Labute approximate surface area is 278 Å². The normalized spacial score (nSPS) is 11.8. The van der Waals surface area contributed by atoms with Crippen LogP contribution in [0.2, 0.25) is 0 Å². The molecule has 0 saturated carbocycles. The van der Waals surface area contributed by atoms with Crippen LogP contribution in [-0.2, 0) is 0 Å². The molecule has 2 heteroatoms. The lowest BCUT2D eigenvalue weighted by Crippen LogP contribution is -2.10. The molecule has 224 valence electrons. The standard InChI is InChI=1S/C46H30N2/c1-3-13-35-29-39(21-17-31(35)9-1)47(40-22-18-32-10-2-4-14-36(32)30-40)37-23-25-38(26-24-37)48-43-27-19-33-11-5-7-15-41(33)45(43)46-42-16-8-6-12-34(42)20-28-44(46)48/h1-30H. The topological polar surface area (TPSA) is 8.17 Å². The van der Waals surface area contributed by atoms with Crippen LogP contribution in [0.25, 0.3) is 70.6 Å². The van der Waals surface area contributed by atoms with Gasteiger partial charge in [-0.05, 0) is 104 Å². The van der Waals surface area contributed by atoms with Gasteiger partial charge in [0.05, 0.1) is 11.0 Å². The molecule has 0 spiro atoms. The Bertz CT molecular complexity index is 2670. The Morgan fingerprint density at radius 1 is 0.312 bits per heavy atom. The third-order valence-electron chi connectivity index (χ3n) is 9.89. The van der Waals surface area contributed by atoms with Crippen molar-refractivity contribution in [2.45, 2.75) is 0 Å². The van der Waals surface area contributed by atoms with Crippen molar-refractivity contribution in [3.05, 3.63) is 182 Å². The monoisotopic (exact) mass is 610 g/mol. The van der Waals surface area contributed by atoms with Crippen molar-refractivity contribution < 1.29 is 0 Å². The lowest BCUT2D eigenvalue weighted by molar-refractivity contribution is 1.18. The second-order valence-electron chi connectivity index (χ2n) is 12.6. The van der Waals surface area contributed by atoms with Crippen LogP contribution in [0.1, 0.15) is 0 Å². The molecule has 10 aromatic rings. The van der Waals surface area contributed by atoms with E-state index in [9.17, 15) is 0 Å². The highest BCUT2D eigenvalue weighted by molar-refractivity contribution is 6.28. The van der Waals surface area contributed by atoms with E-state index in [-0.39, 0.29) is 0 Å². The van der Waals surface area contributed by atoms with Crippen molar-refractivity contribution in [1.82, 2.24) is 4.57 Å². The predicted molar refractivity (Wildman–Crippen MR) is 205 cm³/mol. The fraction of sp³-hybridized carbons (Fsp3) is 0. The molecule has 10 rings (SSSR count). The second kappa shape index (κ2) is 10.6. The molecule has 0 radical (unpaired) electrons. The average Bonchev–Trinajstić information content (AvgIpc) is 3.50. The fourth-order valence-electron chi connectivity index (χ4n) is 7.66. The molecule has 0 aliphatic rings. The first-order valence-electron chi connectivity index (χ1n) is 16.5. The largest absolute Gasteiger partial charge is 0.310 e. The van der Waals surface area contributed by atoms with E-state index in [4.69, 9.17) is 0 Å². The summed E-state index contributed by atoms with van der Waals surface area (Å²) in [6.45, 7) is 0. The Morgan fingerprint density at radius 3 is 1.21 bits per heavy atom. The van der Waals surface area contributed by atoms with Crippen molar-refractivity contribution in [2.75, 3.05) is 4.90 Å². The number of aromatic nitrogens is 1.